The van der Waals surface area contributed by atoms with Gasteiger partial charge in [-0.05, 0) is 0 Å². The molecule has 0 bridgehead atoms. The molecule has 0 spiro atoms. The zero-order valence-electron chi connectivity index (χ0n) is 8.74. The number of alkyl halides is 7. The van der Waals surface area contributed by atoms with Gasteiger partial charge in [0.25, 0.3) is 0 Å². The lowest BCUT2D eigenvalue weighted by Gasteiger charge is -2.22. The highest BCUT2D eigenvalue weighted by Gasteiger charge is 2.31. The van der Waals surface area contributed by atoms with Crippen LogP contribution in [0.2, 0.25) is 0 Å². The van der Waals surface area contributed by atoms with Gasteiger partial charge >= 0.3 is 12.4 Å². The van der Waals surface area contributed by atoms with Gasteiger partial charge in [-0.25, -0.2) is 0 Å². The minimum atomic E-state index is -4.47. The summed E-state index contributed by atoms with van der Waals surface area (Å²) in [5, 5.41) is 0. The molecule has 104 valence electrons. The van der Waals surface area contributed by atoms with E-state index >= 15 is 0 Å². The monoisotopic (exact) mass is 287 g/mol. The molecule has 0 radical (unpaired) electrons. The molecule has 0 atom stereocenters. The van der Waals surface area contributed by atoms with Crippen molar-refractivity contribution in [1.82, 2.24) is 4.90 Å². The summed E-state index contributed by atoms with van der Waals surface area (Å²) in [4.78, 5) is 0.892. The lowest BCUT2D eigenvalue weighted by atomic mass is 10.4. The first-order chi connectivity index (χ1) is 7.64. The summed E-state index contributed by atoms with van der Waals surface area (Å²) in [5.74, 6) is -0.0324. The average Bonchev–Trinajstić information content (AvgIpc) is 2.08. The summed E-state index contributed by atoms with van der Waals surface area (Å²) in [6.07, 6.45) is -8.88. The molecular weight excluding hydrogens is 276 g/mol. The normalized spacial score (nSPS) is 13.4. The van der Waals surface area contributed by atoms with Crippen LogP contribution in [0.4, 0.5) is 26.3 Å². The molecule has 0 aliphatic carbocycles. The maximum absolute atomic E-state index is 12.0. The molecule has 0 saturated carbocycles. The number of halogens is 7. The Kier molecular flexibility index (Phi) is 7.18. The molecule has 17 heavy (non-hydrogen) atoms. The maximum atomic E-state index is 12.0. The van der Waals surface area contributed by atoms with E-state index in [4.69, 9.17) is 11.6 Å². The predicted octanol–water partition coefficient (Wildman–Crippen LogP) is 2.67. The molecular formula is C8H12ClF6NO. The smallest absolute Gasteiger partial charge is 0.371 e. The van der Waals surface area contributed by atoms with Gasteiger partial charge in [0.2, 0.25) is 0 Å². The molecule has 9 heteroatoms. The SMILES string of the molecule is FC(F)(F)COCCN(CCCl)CC(F)(F)F. The van der Waals surface area contributed by atoms with Gasteiger partial charge in [0.1, 0.15) is 6.61 Å². The van der Waals surface area contributed by atoms with Crippen LogP contribution in [0.1, 0.15) is 0 Å². The second kappa shape index (κ2) is 7.27. The predicted molar refractivity (Wildman–Crippen MR) is 50.1 cm³/mol. The lowest BCUT2D eigenvalue weighted by molar-refractivity contribution is -0.177. The van der Waals surface area contributed by atoms with Crippen molar-refractivity contribution in [2.45, 2.75) is 12.4 Å². The van der Waals surface area contributed by atoms with Gasteiger partial charge in [-0.15, -0.1) is 11.6 Å². The van der Waals surface area contributed by atoms with Crippen molar-refractivity contribution >= 4 is 11.6 Å². The topological polar surface area (TPSA) is 12.5 Å². The number of hydrogen-bond donors (Lipinski definition) is 0. The quantitative estimate of drug-likeness (QED) is 0.405. The molecule has 0 aliphatic rings. The van der Waals surface area contributed by atoms with Crippen LogP contribution in [0.3, 0.4) is 0 Å². The molecule has 0 aromatic carbocycles. The van der Waals surface area contributed by atoms with Crippen molar-refractivity contribution in [1.29, 1.82) is 0 Å². The minimum absolute atomic E-state index is 0.0324. The molecule has 0 amide bonds. The van der Waals surface area contributed by atoms with Gasteiger partial charge in [0, 0.05) is 19.0 Å². The van der Waals surface area contributed by atoms with Crippen molar-refractivity contribution < 1.29 is 31.1 Å². The molecule has 0 saturated heterocycles. The van der Waals surface area contributed by atoms with E-state index in [0.717, 1.165) is 4.90 Å². The maximum Gasteiger partial charge on any atom is 0.411 e. The standard InChI is InChI=1S/C8H12ClF6NO/c9-1-2-16(5-7(10,11)12)3-4-17-6-8(13,14)15/h1-6H2. The van der Waals surface area contributed by atoms with E-state index in [1.807, 2.05) is 0 Å². The lowest BCUT2D eigenvalue weighted by Crippen LogP contribution is -2.38. The molecule has 0 aromatic heterocycles. The summed E-state index contributed by atoms with van der Waals surface area (Å²) >= 11 is 5.28. The van der Waals surface area contributed by atoms with E-state index in [9.17, 15) is 26.3 Å². The van der Waals surface area contributed by atoms with Crippen LogP contribution in [-0.2, 0) is 4.74 Å². The Bertz CT molecular complexity index is 207. The third-order valence-corrected chi connectivity index (χ3v) is 1.79. The van der Waals surface area contributed by atoms with Gasteiger partial charge in [-0.3, -0.25) is 4.90 Å². The van der Waals surface area contributed by atoms with Gasteiger partial charge < -0.3 is 4.74 Å². The Morgan fingerprint density at radius 3 is 1.94 bits per heavy atom. The largest absolute Gasteiger partial charge is 0.411 e. The highest BCUT2D eigenvalue weighted by atomic mass is 35.5. The van der Waals surface area contributed by atoms with Crippen LogP contribution in [0.25, 0.3) is 0 Å². The molecule has 0 heterocycles. The number of hydrogen-bond acceptors (Lipinski definition) is 2. The van der Waals surface area contributed by atoms with Gasteiger partial charge in [0.05, 0.1) is 13.2 Å². The van der Waals surface area contributed by atoms with Gasteiger partial charge in [-0.2, -0.15) is 26.3 Å². The van der Waals surface area contributed by atoms with Gasteiger partial charge in [-0.1, -0.05) is 0 Å². The Morgan fingerprint density at radius 2 is 1.53 bits per heavy atom. The number of nitrogens with zero attached hydrogens (tertiary/aromatic N) is 1. The van der Waals surface area contributed by atoms with Crippen molar-refractivity contribution in [3.63, 3.8) is 0 Å². The van der Waals surface area contributed by atoms with Gasteiger partial charge in [0.15, 0.2) is 0 Å². The Balaban J connectivity index is 3.85. The molecule has 0 unspecified atom stereocenters. The van der Waals surface area contributed by atoms with Crippen LogP contribution in [0.5, 0.6) is 0 Å². The zero-order valence-corrected chi connectivity index (χ0v) is 9.50. The van der Waals surface area contributed by atoms with E-state index in [1.54, 1.807) is 0 Å². The highest BCUT2D eigenvalue weighted by Crippen LogP contribution is 2.17. The second-order valence-electron chi connectivity index (χ2n) is 3.25. The highest BCUT2D eigenvalue weighted by molar-refractivity contribution is 6.18. The zero-order chi connectivity index (χ0) is 13.5. The molecule has 0 fully saturated rings. The van der Waals surface area contributed by atoms with Crippen molar-refractivity contribution in [3.05, 3.63) is 0 Å². The fourth-order valence-electron chi connectivity index (χ4n) is 1.02. The van der Waals surface area contributed by atoms with Crippen molar-refractivity contribution in [2.24, 2.45) is 0 Å². The Morgan fingerprint density at radius 1 is 0.941 bits per heavy atom. The average molecular weight is 288 g/mol. The van der Waals surface area contributed by atoms with Crippen LogP contribution in [0, 0.1) is 0 Å². The van der Waals surface area contributed by atoms with Crippen LogP contribution >= 0.6 is 11.6 Å². The van der Waals surface area contributed by atoms with Crippen LogP contribution in [-0.4, -0.2) is 56.0 Å². The fourth-order valence-corrected chi connectivity index (χ4v) is 1.26. The summed E-state index contributed by atoms with van der Waals surface area (Å²) in [7, 11) is 0. The second-order valence-corrected chi connectivity index (χ2v) is 3.63. The summed E-state index contributed by atoms with van der Waals surface area (Å²) in [5.41, 5.74) is 0. The number of ether oxygens (including phenoxy) is 1. The van der Waals surface area contributed by atoms with E-state index < -0.39 is 32.1 Å². The fraction of sp³-hybridized carbons (Fsp3) is 1.00. The van der Waals surface area contributed by atoms with Crippen LogP contribution in [0.15, 0.2) is 0 Å². The van der Waals surface area contributed by atoms with E-state index in [2.05, 4.69) is 4.74 Å². The van der Waals surface area contributed by atoms with Crippen molar-refractivity contribution in [3.8, 4) is 0 Å². The first-order valence-electron chi connectivity index (χ1n) is 4.63. The molecule has 0 aliphatic heterocycles. The minimum Gasteiger partial charge on any atom is -0.371 e. The first kappa shape index (κ1) is 16.8. The number of rotatable bonds is 7. The van der Waals surface area contributed by atoms with E-state index in [-0.39, 0.29) is 19.0 Å². The Hall–Kier alpha value is -0.210. The van der Waals surface area contributed by atoms with Crippen molar-refractivity contribution in [2.75, 3.05) is 38.7 Å². The third kappa shape index (κ3) is 12.0. The third-order valence-electron chi connectivity index (χ3n) is 1.62. The molecule has 0 rings (SSSR count). The summed E-state index contributed by atoms with van der Waals surface area (Å²) in [6, 6.07) is 0. The molecule has 0 N–H and O–H groups in total. The van der Waals surface area contributed by atoms with E-state index in [1.165, 1.54) is 0 Å². The summed E-state index contributed by atoms with van der Waals surface area (Å²) in [6.45, 7) is -3.41. The summed E-state index contributed by atoms with van der Waals surface area (Å²) < 4.78 is 75.3. The Labute approximate surface area is 99.5 Å². The molecule has 2 nitrogen and oxygen atoms in total. The first-order valence-corrected chi connectivity index (χ1v) is 5.17. The molecule has 0 aromatic rings. The van der Waals surface area contributed by atoms with Crippen LogP contribution < -0.4 is 0 Å². The van der Waals surface area contributed by atoms with E-state index in [0.29, 0.717) is 0 Å².